The molecule has 2 heterocycles. The van der Waals surface area contributed by atoms with Crippen molar-refractivity contribution in [2.45, 2.75) is 19.8 Å². The number of hydrogen-bond donors (Lipinski definition) is 1. The van der Waals surface area contributed by atoms with Crippen molar-refractivity contribution in [3.05, 3.63) is 35.6 Å². The summed E-state index contributed by atoms with van der Waals surface area (Å²) >= 11 is 1.56. The lowest BCUT2D eigenvalue weighted by atomic mass is 10.3. The number of rotatable bonds is 5. The first-order chi connectivity index (χ1) is 8.20. The van der Waals surface area contributed by atoms with Gasteiger partial charge in [0.15, 0.2) is 4.96 Å². The van der Waals surface area contributed by atoms with Crippen LogP contribution in [0.2, 0.25) is 0 Å². The maximum absolute atomic E-state index is 11.7. The van der Waals surface area contributed by atoms with Crippen LogP contribution in [0.4, 0.5) is 0 Å². The first-order valence-corrected chi connectivity index (χ1v) is 6.38. The number of aromatic nitrogens is 2. The molecule has 0 aliphatic carbocycles. The van der Waals surface area contributed by atoms with Crippen molar-refractivity contribution in [3.63, 3.8) is 0 Å². The highest BCUT2D eigenvalue weighted by Crippen LogP contribution is 2.16. The summed E-state index contributed by atoms with van der Waals surface area (Å²) in [7, 11) is 0. The Labute approximate surface area is 104 Å². The van der Waals surface area contributed by atoms with Gasteiger partial charge in [0, 0.05) is 23.8 Å². The van der Waals surface area contributed by atoms with E-state index in [1.807, 2.05) is 22.9 Å². The Bertz CT molecular complexity index is 541. The summed E-state index contributed by atoms with van der Waals surface area (Å²) in [6.45, 7) is 6.22. The fourth-order valence-corrected chi connectivity index (χ4v) is 2.53. The smallest absolute Gasteiger partial charge is 0.225 e. The van der Waals surface area contributed by atoms with E-state index in [0.29, 0.717) is 13.0 Å². The number of carbonyl (C=O) groups is 1. The highest BCUT2D eigenvalue weighted by molar-refractivity contribution is 7.15. The van der Waals surface area contributed by atoms with E-state index in [1.165, 1.54) is 0 Å². The van der Waals surface area contributed by atoms with E-state index < -0.39 is 0 Å². The third-order valence-corrected chi connectivity index (χ3v) is 3.30. The molecular weight excluding hydrogens is 234 g/mol. The molecule has 0 unspecified atom stereocenters. The van der Waals surface area contributed by atoms with Gasteiger partial charge in [-0.1, -0.05) is 6.08 Å². The molecule has 0 radical (unpaired) electrons. The predicted octanol–water partition coefficient (Wildman–Crippen LogP) is 1.94. The Morgan fingerprint density at radius 2 is 2.53 bits per heavy atom. The fraction of sp³-hybridized carbons (Fsp3) is 0.333. The van der Waals surface area contributed by atoms with Gasteiger partial charge in [0.1, 0.15) is 0 Å². The maximum Gasteiger partial charge on any atom is 0.225 e. The second-order valence-corrected chi connectivity index (χ2v) is 4.70. The van der Waals surface area contributed by atoms with Crippen molar-refractivity contribution in [1.82, 2.24) is 14.7 Å². The number of nitrogens with zero attached hydrogens (tertiary/aromatic N) is 2. The van der Waals surface area contributed by atoms with Crippen LogP contribution in [0.5, 0.6) is 0 Å². The van der Waals surface area contributed by atoms with Crippen molar-refractivity contribution >= 4 is 22.2 Å². The van der Waals surface area contributed by atoms with Crippen molar-refractivity contribution in [2.24, 2.45) is 0 Å². The molecule has 0 fully saturated rings. The second-order valence-electron chi connectivity index (χ2n) is 3.87. The molecule has 2 rings (SSSR count). The van der Waals surface area contributed by atoms with Gasteiger partial charge in [0.2, 0.25) is 5.91 Å². The van der Waals surface area contributed by atoms with Crippen molar-refractivity contribution in [2.75, 3.05) is 6.54 Å². The van der Waals surface area contributed by atoms with Crippen LogP contribution in [0.15, 0.2) is 24.2 Å². The fourth-order valence-electron chi connectivity index (χ4n) is 1.61. The van der Waals surface area contributed by atoms with Crippen molar-refractivity contribution in [3.8, 4) is 0 Å². The Morgan fingerprint density at radius 3 is 3.29 bits per heavy atom. The van der Waals surface area contributed by atoms with E-state index in [2.05, 4.69) is 16.9 Å². The Hall–Kier alpha value is -1.62. The molecule has 2 aromatic rings. The van der Waals surface area contributed by atoms with Gasteiger partial charge in [-0.3, -0.25) is 9.20 Å². The lowest BCUT2D eigenvalue weighted by Gasteiger charge is -2.02. The zero-order chi connectivity index (χ0) is 12.3. The van der Waals surface area contributed by atoms with Gasteiger partial charge in [-0.25, -0.2) is 4.98 Å². The van der Waals surface area contributed by atoms with Gasteiger partial charge in [-0.05, 0) is 13.3 Å². The molecule has 2 aromatic heterocycles. The van der Waals surface area contributed by atoms with Crippen LogP contribution >= 0.6 is 11.3 Å². The molecule has 4 nitrogen and oxygen atoms in total. The molecule has 0 saturated carbocycles. The molecule has 5 heteroatoms. The second kappa shape index (κ2) is 5.14. The van der Waals surface area contributed by atoms with Gasteiger partial charge < -0.3 is 5.32 Å². The minimum absolute atomic E-state index is 0.0397. The number of amides is 1. The number of aryl methyl sites for hydroxylation is 1. The average molecular weight is 249 g/mol. The summed E-state index contributed by atoms with van der Waals surface area (Å²) < 4.78 is 1.98. The largest absolute Gasteiger partial charge is 0.355 e. The summed E-state index contributed by atoms with van der Waals surface area (Å²) in [4.78, 5) is 17.0. The number of thiazole rings is 1. The van der Waals surface area contributed by atoms with E-state index in [9.17, 15) is 4.79 Å². The zero-order valence-corrected chi connectivity index (χ0v) is 10.6. The van der Waals surface area contributed by atoms with Crippen molar-refractivity contribution in [1.29, 1.82) is 0 Å². The van der Waals surface area contributed by atoms with E-state index in [1.54, 1.807) is 17.4 Å². The maximum atomic E-state index is 11.7. The van der Waals surface area contributed by atoms with E-state index in [-0.39, 0.29) is 5.91 Å². The van der Waals surface area contributed by atoms with Gasteiger partial charge in [0.25, 0.3) is 0 Å². The van der Waals surface area contributed by atoms with Crippen molar-refractivity contribution < 1.29 is 4.79 Å². The molecule has 1 amide bonds. The van der Waals surface area contributed by atoms with Gasteiger partial charge in [-0.15, -0.1) is 17.9 Å². The van der Waals surface area contributed by atoms with Crippen LogP contribution in [0.3, 0.4) is 0 Å². The minimum Gasteiger partial charge on any atom is -0.355 e. The van der Waals surface area contributed by atoms with E-state index >= 15 is 0 Å². The SMILES string of the molecule is C=CCCNC(=O)Cc1csc2nc(C)cn12. The van der Waals surface area contributed by atoms with Crippen LogP contribution in [0, 0.1) is 6.92 Å². The van der Waals surface area contributed by atoms with Crippen LogP contribution < -0.4 is 5.32 Å². The van der Waals surface area contributed by atoms with E-state index in [4.69, 9.17) is 0 Å². The molecular formula is C12H15N3OS. The highest BCUT2D eigenvalue weighted by Gasteiger charge is 2.09. The molecule has 1 N–H and O–H groups in total. The van der Waals surface area contributed by atoms with Crippen LogP contribution in [-0.2, 0) is 11.2 Å². The number of imidazole rings is 1. The predicted molar refractivity (Wildman–Crippen MR) is 69.3 cm³/mol. The summed E-state index contributed by atoms with van der Waals surface area (Å²) in [5.41, 5.74) is 1.96. The Balaban J connectivity index is 2.02. The molecule has 0 atom stereocenters. The number of carbonyl (C=O) groups excluding carboxylic acids is 1. The molecule has 0 bridgehead atoms. The molecule has 0 aromatic carbocycles. The first-order valence-electron chi connectivity index (χ1n) is 5.50. The zero-order valence-electron chi connectivity index (χ0n) is 9.77. The number of fused-ring (bicyclic) bond motifs is 1. The first kappa shape index (κ1) is 11.9. The molecule has 0 aliphatic rings. The highest BCUT2D eigenvalue weighted by atomic mass is 32.1. The Morgan fingerprint density at radius 1 is 1.71 bits per heavy atom. The third kappa shape index (κ3) is 2.74. The standard InChI is InChI=1S/C12H15N3OS/c1-3-4-5-13-11(16)6-10-8-17-12-14-9(2)7-15(10)12/h3,7-8H,1,4-6H2,2H3,(H,13,16). The van der Waals surface area contributed by atoms with Crippen LogP contribution in [0.1, 0.15) is 17.8 Å². The molecule has 0 spiro atoms. The molecule has 90 valence electrons. The lowest BCUT2D eigenvalue weighted by molar-refractivity contribution is -0.120. The van der Waals surface area contributed by atoms with Gasteiger partial charge in [0.05, 0.1) is 12.1 Å². The van der Waals surface area contributed by atoms with E-state index in [0.717, 1.165) is 22.8 Å². The summed E-state index contributed by atoms with van der Waals surface area (Å²) in [6.07, 6.45) is 4.95. The third-order valence-electron chi connectivity index (χ3n) is 2.42. The average Bonchev–Trinajstić information content (AvgIpc) is 2.80. The summed E-state index contributed by atoms with van der Waals surface area (Å²) in [5.74, 6) is 0.0397. The topological polar surface area (TPSA) is 46.4 Å². The molecule has 0 aliphatic heterocycles. The number of nitrogens with one attached hydrogen (secondary N) is 1. The lowest BCUT2D eigenvalue weighted by Crippen LogP contribution is -2.26. The minimum atomic E-state index is 0.0397. The molecule has 17 heavy (non-hydrogen) atoms. The van der Waals surface area contributed by atoms with Crippen LogP contribution in [-0.4, -0.2) is 21.8 Å². The van der Waals surface area contributed by atoms with Gasteiger partial charge >= 0.3 is 0 Å². The summed E-state index contributed by atoms with van der Waals surface area (Å²) in [6, 6.07) is 0. The quantitative estimate of drug-likeness (QED) is 0.650. The summed E-state index contributed by atoms with van der Waals surface area (Å²) in [5, 5.41) is 4.84. The normalized spacial score (nSPS) is 10.6. The Kier molecular flexibility index (Phi) is 3.58. The van der Waals surface area contributed by atoms with Crippen LogP contribution in [0.25, 0.3) is 4.96 Å². The van der Waals surface area contributed by atoms with Gasteiger partial charge in [-0.2, -0.15) is 0 Å². The number of hydrogen-bond acceptors (Lipinski definition) is 3. The monoisotopic (exact) mass is 249 g/mol. The molecule has 0 saturated heterocycles.